The highest BCUT2D eigenvalue weighted by molar-refractivity contribution is 7.28. The molecule has 3 heterocycles. The maximum atomic E-state index is 2.42. The van der Waals surface area contributed by atoms with Gasteiger partial charge in [0.25, 0.3) is 0 Å². The van der Waals surface area contributed by atoms with Gasteiger partial charge in [0.2, 0.25) is 0 Å². The third-order valence-electron chi connectivity index (χ3n) is 7.99. The predicted octanol–water partition coefficient (Wildman–Crippen LogP) is 11.2. The van der Waals surface area contributed by atoms with E-state index in [9.17, 15) is 0 Å². The van der Waals surface area contributed by atoms with Crippen LogP contribution in [0.5, 0.6) is 0 Å². The molecule has 0 aliphatic rings. The Morgan fingerprint density at radius 3 is 1.85 bits per heavy atom. The summed E-state index contributed by atoms with van der Waals surface area (Å²) in [6, 6.07) is 46.9. The molecule has 0 amide bonds. The van der Waals surface area contributed by atoms with E-state index in [1.807, 2.05) is 22.7 Å². The normalized spacial score (nSPS) is 12.1. The fourth-order valence-electron chi connectivity index (χ4n) is 6.18. The number of para-hydroxylation sites is 2. The van der Waals surface area contributed by atoms with Gasteiger partial charge < -0.3 is 4.57 Å². The summed E-state index contributed by atoms with van der Waals surface area (Å²) in [6.07, 6.45) is 0. The molecule has 0 saturated carbocycles. The van der Waals surface area contributed by atoms with Crippen LogP contribution in [-0.4, -0.2) is 4.57 Å². The third kappa shape index (κ3) is 3.12. The number of aromatic nitrogens is 1. The lowest BCUT2D eigenvalue weighted by Gasteiger charge is -2.09. The Kier molecular flexibility index (Phi) is 4.43. The molecule has 3 heteroatoms. The van der Waals surface area contributed by atoms with Crippen molar-refractivity contribution in [2.24, 2.45) is 0 Å². The van der Waals surface area contributed by atoms with E-state index in [1.165, 1.54) is 79.0 Å². The van der Waals surface area contributed by atoms with Gasteiger partial charge in [0.05, 0.1) is 11.0 Å². The Balaban J connectivity index is 1.28. The second-order valence-corrected chi connectivity index (χ2v) is 12.3. The Labute approximate surface area is 232 Å². The van der Waals surface area contributed by atoms with E-state index in [0.717, 1.165) is 0 Å². The van der Waals surface area contributed by atoms with Crippen molar-refractivity contribution in [2.45, 2.75) is 0 Å². The van der Waals surface area contributed by atoms with Crippen molar-refractivity contribution in [3.05, 3.63) is 127 Å². The molecular formula is C36H21NS2. The van der Waals surface area contributed by atoms with Crippen LogP contribution < -0.4 is 0 Å². The molecule has 0 N–H and O–H groups in total. The molecule has 0 saturated heterocycles. The van der Waals surface area contributed by atoms with Gasteiger partial charge in [-0.25, -0.2) is 0 Å². The molecular weight excluding hydrogens is 511 g/mol. The lowest BCUT2D eigenvalue weighted by atomic mass is 10.0. The number of benzene rings is 6. The van der Waals surface area contributed by atoms with Crippen LogP contribution in [0, 0.1) is 0 Å². The molecule has 182 valence electrons. The zero-order valence-corrected chi connectivity index (χ0v) is 22.5. The number of rotatable bonds is 2. The minimum atomic E-state index is 1.19. The van der Waals surface area contributed by atoms with Gasteiger partial charge in [-0.15, -0.1) is 22.7 Å². The molecule has 0 spiro atoms. The fourth-order valence-corrected chi connectivity index (χ4v) is 8.49. The van der Waals surface area contributed by atoms with Crippen molar-refractivity contribution in [3.63, 3.8) is 0 Å². The number of thiophene rings is 2. The van der Waals surface area contributed by atoms with Gasteiger partial charge in [0.15, 0.2) is 0 Å². The van der Waals surface area contributed by atoms with Crippen LogP contribution in [0.3, 0.4) is 0 Å². The number of hydrogen-bond acceptors (Lipinski definition) is 2. The highest BCUT2D eigenvalue weighted by Crippen LogP contribution is 2.43. The standard InChI is InChI=1S/C36H21NS2/c1-2-8-24(9-3-1)37-31-12-6-4-10-25(31)26-16-14-23(19-32(26)37)22-15-17-34-28(18-22)30-20-29-27-11-5-7-13-33(27)38-35(29)21-36(30)39-34/h1-21H. The minimum absolute atomic E-state index is 1.19. The van der Waals surface area contributed by atoms with Crippen LogP contribution in [0.2, 0.25) is 0 Å². The molecule has 0 aliphatic heterocycles. The summed E-state index contributed by atoms with van der Waals surface area (Å²) in [7, 11) is 0. The monoisotopic (exact) mass is 531 g/mol. The van der Waals surface area contributed by atoms with Crippen LogP contribution in [0.4, 0.5) is 0 Å². The maximum absolute atomic E-state index is 2.42. The molecule has 0 unspecified atom stereocenters. The third-order valence-corrected chi connectivity index (χ3v) is 10.3. The van der Waals surface area contributed by atoms with E-state index in [1.54, 1.807) is 0 Å². The molecule has 1 nitrogen and oxygen atoms in total. The van der Waals surface area contributed by atoms with Crippen molar-refractivity contribution in [2.75, 3.05) is 0 Å². The van der Waals surface area contributed by atoms with Gasteiger partial charge in [-0.1, -0.05) is 72.8 Å². The second-order valence-electron chi connectivity index (χ2n) is 10.2. The Morgan fingerprint density at radius 2 is 0.974 bits per heavy atom. The van der Waals surface area contributed by atoms with Gasteiger partial charge in [0, 0.05) is 56.8 Å². The second kappa shape index (κ2) is 8.03. The van der Waals surface area contributed by atoms with Crippen LogP contribution in [0.15, 0.2) is 127 Å². The maximum Gasteiger partial charge on any atom is 0.0547 e. The molecule has 0 bridgehead atoms. The summed E-state index contributed by atoms with van der Waals surface area (Å²) < 4.78 is 7.83. The first-order valence-corrected chi connectivity index (χ1v) is 14.8. The van der Waals surface area contributed by atoms with Crippen LogP contribution in [0.25, 0.3) is 79.0 Å². The Hall–Kier alpha value is -4.44. The largest absolute Gasteiger partial charge is 0.309 e. The van der Waals surface area contributed by atoms with Crippen molar-refractivity contribution in [3.8, 4) is 16.8 Å². The van der Waals surface area contributed by atoms with Crippen LogP contribution in [0.1, 0.15) is 0 Å². The predicted molar refractivity (Wildman–Crippen MR) is 172 cm³/mol. The van der Waals surface area contributed by atoms with Crippen molar-refractivity contribution >= 4 is 84.8 Å². The molecule has 9 rings (SSSR count). The van der Waals surface area contributed by atoms with E-state index in [2.05, 4.69) is 132 Å². The van der Waals surface area contributed by atoms with Crippen LogP contribution >= 0.6 is 22.7 Å². The molecule has 0 radical (unpaired) electrons. The van der Waals surface area contributed by atoms with Crippen molar-refractivity contribution < 1.29 is 0 Å². The number of hydrogen-bond donors (Lipinski definition) is 0. The first kappa shape index (κ1) is 21.5. The van der Waals surface area contributed by atoms with Crippen molar-refractivity contribution in [1.29, 1.82) is 0 Å². The molecule has 9 aromatic rings. The summed E-state index contributed by atoms with van der Waals surface area (Å²) in [5.74, 6) is 0. The van der Waals surface area contributed by atoms with E-state index < -0.39 is 0 Å². The van der Waals surface area contributed by atoms with Crippen molar-refractivity contribution in [1.82, 2.24) is 4.57 Å². The van der Waals surface area contributed by atoms with Gasteiger partial charge in [0.1, 0.15) is 0 Å². The van der Waals surface area contributed by atoms with Crippen LogP contribution in [-0.2, 0) is 0 Å². The summed E-state index contributed by atoms with van der Waals surface area (Å²) in [6.45, 7) is 0. The van der Waals surface area contributed by atoms with E-state index in [0.29, 0.717) is 0 Å². The lowest BCUT2D eigenvalue weighted by Crippen LogP contribution is -1.93. The number of fused-ring (bicyclic) bond motifs is 9. The van der Waals surface area contributed by atoms with Gasteiger partial charge in [-0.3, -0.25) is 0 Å². The minimum Gasteiger partial charge on any atom is -0.309 e. The molecule has 0 fully saturated rings. The van der Waals surface area contributed by atoms with E-state index >= 15 is 0 Å². The topological polar surface area (TPSA) is 4.93 Å². The van der Waals surface area contributed by atoms with Gasteiger partial charge >= 0.3 is 0 Å². The Morgan fingerprint density at radius 1 is 0.359 bits per heavy atom. The Bertz CT molecular complexity index is 2390. The first-order chi connectivity index (χ1) is 19.3. The smallest absolute Gasteiger partial charge is 0.0547 e. The summed E-state index contributed by atoms with van der Waals surface area (Å²) >= 11 is 3.79. The first-order valence-electron chi connectivity index (χ1n) is 13.2. The highest BCUT2D eigenvalue weighted by atomic mass is 32.1. The zero-order chi connectivity index (χ0) is 25.5. The zero-order valence-electron chi connectivity index (χ0n) is 20.9. The lowest BCUT2D eigenvalue weighted by molar-refractivity contribution is 1.18. The molecule has 0 atom stereocenters. The highest BCUT2D eigenvalue weighted by Gasteiger charge is 2.15. The van der Waals surface area contributed by atoms with Gasteiger partial charge in [-0.05, 0) is 65.7 Å². The molecule has 6 aromatic carbocycles. The summed E-state index contributed by atoms with van der Waals surface area (Å²) in [4.78, 5) is 0. The fraction of sp³-hybridized carbons (Fsp3) is 0. The quantitative estimate of drug-likeness (QED) is 0.209. The summed E-state index contributed by atoms with van der Waals surface area (Å²) in [5, 5.41) is 7.98. The summed E-state index contributed by atoms with van der Waals surface area (Å²) in [5.41, 5.74) is 6.16. The van der Waals surface area contributed by atoms with E-state index in [-0.39, 0.29) is 0 Å². The molecule has 0 aliphatic carbocycles. The van der Waals surface area contributed by atoms with Gasteiger partial charge in [-0.2, -0.15) is 0 Å². The molecule has 39 heavy (non-hydrogen) atoms. The molecule has 3 aromatic heterocycles. The van der Waals surface area contributed by atoms with E-state index in [4.69, 9.17) is 0 Å². The average Bonchev–Trinajstić information content (AvgIpc) is 3.64. The SMILES string of the molecule is c1ccc(-n2c3ccccc3c3ccc(-c4ccc5sc6cc7sc8ccccc8c7cc6c5c4)cc32)cc1. The average molecular weight is 532 g/mol. The number of nitrogens with zero attached hydrogens (tertiary/aromatic N) is 1.